The van der Waals surface area contributed by atoms with Crippen LogP contribution in [0.1, 0.15) is 54.2 Å². The third-order valence-corrected chi connectivity index (χ3v) is 8.44. The van der Waals surface area contributed by atoms with Gasteiger partial charge in [-0.1, -0.05) is 35.9 Å². The highest BCUT2D eigenvalue weighted by atomic mass is 35.5. The predicted octanol–water partition coefficient (Wildman–Crippen LogP) is 5.90. The van der Waals surface area contributed by atoms with Crippen molar-refractivity contribution in [1.82, 2.24) is 25.6 Å². The minimum atomic E-state index is -4.74. The van der Waals surface area contributed by atoms with Crippen LogP contribution in [-0.2, 0) is 25.7 Å². The van der Waals surface area contributed by atoms with Crippen molar-refractivity contribution in [2.75, 3.05) is 27.3 Å². The Balaban J connectivity index is 1.45. The number of aromatic nitrogens is 3. The Hall–Kier alpha value is -4.01. The van der Waals surface area contributed by atoms with Crippen LogP contribution < -0.4 is 24.8 Å². The van der Waals surface area contributed by atoms with Crippen LogP contribution in [0, 0.1) is 0 Å². The summed E-state index contributed by atoms with van der Waals surface area (Å²) in [5, 5.41) is 25.5. The number of hydrogen-bond acceptors (Lipinski definition) is 10. The Morgan fingerprint density at radius 1 is 0.898 bits per heavy atom. The number of nitrogens with zero attached hydrogens (tertiary/aromatic N) is 3. The third kappa shape index (κ3) is 8.42. The molecule has 3 heterocycles. The average Bonchev–Trinajstić information content (AvgIpc) is 3.47. The van der Waals surface area contributed by atoms with Crippen LogP contribution in [0.25, 0.3) is 22.5 Å². The van der Waals surface area contributed by atoms with Crippen LogP contribution in [-0.4, -0.2) is 64.7 Å². The third-order valence-electron chi connectivity index (χ3n) is 8.06. The molecule has 49 heavy (non-hydrogen) atoms. The van der Waals surface area contributed by atoms with Crippen molar-refractivity contribution in [2.45, 2.75) is 64.3 Å². The summed E-state index contributed by atoms with van der Waals surface area (Å²) in [7, 11) is 2.86. The molecule has 1 aliphatic rings. The predicted molar refractivity (Wildman–Crippen MR) is 179 cm³/mol. The summed E-state index contributed by atoms with van der Waals surface area (Å²) in [4.78, 5) is 13.4. The van der Waals surface area contributed by atoms with E-state index in [1.165, 1.54) is 14.2 Å². The molecule has 5 rings (SSSR count). The number of pyridine rings is 3. The largest absolute Gasteiger partial charge is 0.481 e. The van der Waals surface area contributed by atoms with Crippen LogP contribution in [0.3, 0.4) is 0 Å². The standard InChI is InChI=1S/C35H39ClF3N5O5/c1-19(45)15-40-17-21-8-10-28(43-32(21)47-3)26-12-13-42-31(30(26)36)25-7-5-6-24-23(25)9-11-29(24)49-34-27(35(37,38)39)14-22(33(44-34)48-4)18-41-16-20(2)46/h5-8,10,12-14,19-20,29,40-41,45-46H,9,11,15-18H2,1-4H3/t19-,20-,29-/m1/s1. The molecule has 0 spiro atoms. The Bertz CT molecular complexity index is 1770. The number of alkyl halides is 3. The van der Waals surface area contributed by atoms with E-state index in [1.54, 1.807) is 32.2 Å². The molecule has 0 radical (unpaired) electrons. The van der Waals surface area contributed by atoms with E-state index in [4.69, 9.17) is 25.8 Å². The highest BCUT2D eigenvalue weighted by Crippen LogP contribution is 2.45. The lowest BCUT2D eigenvalue weighted by molar-refractivity contribution is -0.139. The van der Waals surface area contributed by atoms with E-state index in [9.17, 15) is 23.4 Å². The zero-order valence-electron chi connectivity index (χ0n) is 27.6. The van der Waals surface area contributed by atoms with Gasteiger partial charge in [0, 0.05) is 54.6 Å². The molecule has 0 amide bonds. The summed E-state index contributed by atoms with van der Waals surface area (Å²) in [5.74, 6) is -0.164. The van der Waals surface area contributed by atoms with Gasteiger partial charge in [-0.25, -0.2) is 4.98 Å². The van der Waals surface area contributed by atoms with Gasteiger partial charge in [-0.15, -0.1) is 0 Å². The van der Waals surface area contributed by atoms with Crippen molar-refractivity contribution < 1.29 is 37.6 Å². The van der Waals surface area contributed by atoms with Crippen molar-refractivity contribution >= 4 is 11.6 Å². The molecule has 0 fully saturated rings. The van der Waals surface area contributed by atoms with E-state index >= 15 is 0 Å². The molecule has 4 aromatic rings. The fourth-order valence-corrected chi connectivity index (χ4v) is 6.12. The van der Waals surface area contributed by atoms with Crippen molar-refractivity contribution in [1.29, 1.82) is 0 Å². The zero-order chi connectivity index (χ0) is 35.3. The topological polar surface area (TPSA) is 131 Å². The molecular formula is C35H39ClF3N5O5. The Morgan fingerprint density at radius 2 is 1.57 bits per heavy atom. The molecule has 1 aromatic carbocycles. The van der Waals surface area contributed by atoms with Crippen molar-refractivity contribution in [3.63, 3.8) is 0 Å². The second-order valence-corrected chi connectivity index (χ2v) is 12.2. The molecule has 3 aromatic heterocycles. The number of aliphatic hydroxyl groups is 2. The summed E-state index contributed by atoms with van der Waals surface area (Å²) in [6.07, 6.45) is -4.06. The number of rotatable bonds is 14. The fourth-order valence-electron chi connectivity index (χ4n) is 5.80. The molecule has 0 saturated heterocycles. The molecule has 4 N–H and O–H groups in total. The lowest BCUT2D eigenvalue weighted by Gasteiger charge is -2.21. The number of methoxy groups -OCH3 is 2. The van der Waals surface area contributed by atoms with Gasteiger partial charge in [0.1, 0.15) is 11.7 Å². The Morgan fingerprint density at radius 3 is 2.22 bits per heavy atom. The van der Waals surface area contributed by atoms with E-state index in [-0.39, 0.29) is 24.5 Å². The number of benzene rings is 1. The summed E-state index contributed by atoms with van der Waals surface area (Å²) >= 11 is 6.99. The summed E-state index contributed by atoms with van der Waals surface area (Å²) in [5.41, 5.74) is 4.01. The summed E-state index contributed by atoms with van der Waals surface area (Å²) in [6.45, 7) is 4.34. The first kappa shape index (κ1) is 36.3. The number of nitrogens with one attached hydrogen (secondary N) is 2. The van der Waals surface area contributed by atoms with E-state index in [1.807, 2.05) is 24.3 Å². The van der Waals surface area contributed by atoms with Gasteiger partial charge in [0.2, 0.25) is 17.6 Å². The first-order valence-corrected chi connectivity index (χ1v) is 16.2. The first-order chi connectivity index (χ1) is 23.4. The van der Waals surface area contributed by atoms with Gasteiger partial charge in [-0.05, 0) is 56.0 Å². The number of aliphatic hydroxyl groups excluding tert-OH is 2. The molecule has 0 aliphatic heterocycles. The van der Waals surface area contributed by atoms with Crippen molar-refractivity contribution in [3.05, 3.63) is 81.5 Å². The van der Waals surface area contributed by atoms with E-state index in [2.05, 4.69) is 25.6 Å². The molecule has 0 saturated carbocycles. The van der Waals surface area contributed by atoms with E-state index in [0.29, 0.717) is 59.3 Å². The van der Waals surface area contributed by atoms with Crippen LogP contribution in [0.4, 0.5) is 13.2 Å². The maximum absolute atomic E-state index is 14.3. The van der Waals surface area contributed by atoms with Gasteiger partial charge >= 0.3 is 6.18 Å². The second-order valence-electron chi connectivity index (χ2n) is 11.9. The van der Waals surface area contributed by atoms with Crippen LogP contribution >= 0.6 is 11.6 Å². The lowest BCUT2D eigenvalue weighted by Crippen LogP contribution is -2.24. The van der Waals surface area contributed by atoms with E-state index < -0.39 is 35.9 Å². The molecule has 1 aliphatic carbocycles. The minimum absolute atomic E-state index is 0.00449. The van der Waals surface area contributed by atoms with Crippen LogP contribution in [0.5, 0.6) is 17.6 Å². The molecule has 10 nitrogen and oxygen atoms in total. The molecule has 3 atom stereocenters. The van der Waals surface area contributed by atoms with E-state index in [0.717, 1.165) is 22.8 Å². The number of fused-ring (bicyclic) bond motifs is 1. The summed E-state index contributed by atoms with van der Waals surface area (Å²) < 4.78 is 59.7. The number of halogens is 4. The quantitative estimate of drug-likeness (QED) is 0.126. The smallest absolute Gasteiger partial charge is 0.421 e. The number of hydrogen-bond donors (Lipinski definition) is 4. The normalized spacial score (nSPS) is 15.5. The Kier molecular flexibility index (Phi) is 11.6. The molecule has 262 valence electrons. The zero-order valence-corrected chi connectivity index (χ0v) is 28.3. The van der Waals surface area contributed by atoms with Gasteiger partial charge in [0.15, 0.2) is 0 Å². The van der Waals surface area contributed by atoms with Crippen LogP contribution in [0.2, 0.25) is 5.02 Å². The SMILES string of the molecule is COc1nc(-c2ccnc(-c3cccc4c3CC[C@H]4Oc3nc(OC)c(CNC[C@@H](C)O)cc3C(F)(F)F)c2Cl)ccc1CNC[C@@H](C)O. The first-order valence-electron chi connectivity index (χ1n) is 15.8. The molecular weight excluding hydrogens is 663 g/mol. The molecule has 0 bridgehead atoms. The average molecular weight is 702 g/mol. The van der Waals surface area contributed by atoms with Gasteiger partial charge < -0.3 is 35.1 Å². The van der Waals surface area contributed by atoms with Crippen LogP contribution in [0.15, 0.2) is 48.7 Å². The Labute approximate surface area is 287 Å². The second kappa shape index (κ2) is 15.7. The molecule has 14 heteroatoms. The number of ether oxygens (including phenoxy) is 3. The monoisotopic (exact) mass is 701 g/mol. The van der Waals surface area contributed by atoms with Gasteiger partial charge in [0.05, 0.1) is 42.8 Å². The fraction of sp³-hybridized carbons (Fsp3) is 0.400. The van der Waals surface area contributed by atoms with Gasteiger partial charge in [0.25, 0.3) is 0 Å². The highest BCUT2D eigenvalue weighted by molar-refractivity contribution is 6.35. The maximum atomic E-state index is 14.3. The highest BCUT2D eigenvalue weighted by Gasteiger charge is 2.38. The molecule has 0 unspecified atom stereocenters. The van der Waals surface area contributed by atoms with Gasteiger partial charge in [-0.2, -0.15) is 18.2 Å². The minimum Gasteiger partial charge on any atom is -0.481 e. The maximum Gasteiger partial charge on any atom is 0.421 e. The van der Waals surface area contributed by atoms with Crippen molar-refractivity contribution in [3.8, 4) is 40.2 Å². The van der Waals surface area contributed by atoms with Crippen molar-refractivity contribution in [2.24, 2.45) is 0 Å². The van der Waals surface area contributed by atoms with Gasteiger partial charge in [-0.3, -0.25) is 4.98 Å². The summed E-state index contributed by atoms with van der Waals surface area (Å²) in [6, 6.07) is 11.9. The lowest BCUT2D eigenvalue weighted by atomic mass is 9.98.